The summed E-state index contributed by atoms with van der Waals surface area (Å²) in [6.45, 7) is 5.65. The quantitative estimate of drug-likeness (QED) is 0.469. The summed E-state index contributed by atoms with van der Waals surface area (Å²) in [6.07, 6.45) is 0. The molecule has 2 aromatic carbocycles. The van der Waals surface area contributed by atoms with E-state index in [1.165, 1.54) is 0 Å². The molecule has 2 rings (SSSR count). The van der Waals surface area contributed by atoms with Crippen molar-refractivity contribution in [2.24, 2.45) is 0 Å². The molecule has 0 aromatic heterocycles. The van der Waals surface area contributed by atoms with Crippen LogP contribution < -0.4 is 4.74 Å². The second kappa shape index (κ2) is 6.57. The van der Waals surface area contributed by atoms with E-state index >= 15 is 0 Å². The van der Waals surface area contributed by atoms with Crippen LogP contribution in [0.15, 0.2) is 53.0 Å². The zero-order chi connectivity index (χ0) is 14.5. The second-order valence-corrected chi connectivity index (χ2v) is 5.21. The molecule has 0 bridgehead atoms. The van der Waals surface area contributed by atoms with Gasteiger partial charge in [-0.1, -0.05) is 46.8 Å². The fourth-order valence-corrected chi connectivity index (χ4v) is 2.25. The van der Waals surface area contributed by atoms with Crippen LogP contribution in [0.1, 0.15) is 6.92 Å². The van der Waals surface area contributed by atoms with Gasteiger partial charge < -0.3 is 9.47 Å². The molecule has 0 aliphatic carbocycles. The number of carbonyl (C=O) groups excluding carboxylic acids is 1. The molecule has 0 N–H and O–H groups in total. The van der Waals surface area contributed by atoms with Gasteiger partial charge in [0, 0.05) is 15.4 Å². The Morgan fingerprint density at radius 1 is 1.15 bits per heavy atom. The van der Waals surface area contributed by atoms with E-state index in [0.717, 1.165) is 21.0 Å². The minimum atomic E-state index is -0.394. The molecule has 0 heterocycles. The molecule has 0 unspecified atom stereocenters. The number of hydrogen-bond acceptors (Lipinski definition) is 3. The molecule has 0 saturated carbocycles. The molecule has 20 heavy (non-hydrogen) atoms. The van der Waals surface area contributed by atoms with E-state index in [0.29, 0.717) is 12.2 Å². The maximum atomic E-state index is 11.2. The van der Waals surface area contributed by atoms with Crippen molar-refractivity contribution in [1.82, 2.24) is 0 Å². The van der Waals surface area contributed by atoms with Gasteiger partial charge in [0.05, 0.1) is 0 Å². The lowest BCUT2D eigenvalue weighted by atomic mass is 10.1. The normalized spacial score (nSPS) is 10.3. The number of benzene rings is 2. The summed E-state index contributed by atoms with van der Waals surface area (Å²) in [7, 11) is 0. The lowest BCUT2D eigenvalue weighted by Gasteiger charge is -2.10. The number of carbonyl (C=O) groups is 1. The van der Waals surface area contributed by atoms with Crippen molar-refractivity contribution >= 4 is 32.7 Å². The third-order valence-corrected chi connectivity index (χ3v) is 3.44. The number of rotatable bonds is 5. The van der Waals surface area contributed by atoms with Gasteiger partial charge in [0.2, 0.25) is 0 Å². The van der Waals surface area contributed by atoms with E-state index in [9.17, 15) is 4.79 Å². The van der Waals surface area contributed by atoms with Crippen LogP contribution in [0.4, 0.5) is 0 Å². The van der Waals surface area contributed by atoms with Crippen molar-refractivity contribution in [2.75, 3.05) is 13.2 Å². The molecule has 0 radical (unpaired) electrons. The average Bonchev–Trinajstić information content (AvgIpc) is 2.45. The van der Waals surface area contributed by atoms with Gasteiger partial charge in [-0.3, -0.25) is 0 Å². The highest BCUT2D eigenvalue weighted by atomic mass is 79.9. The van der Waals surface area contributed by atoms with Crippen molar-refractivity contribution in [3.63, 3.8) is 0 Å². The fourth-order valence-electron chi connectivity index (χ4n) is 1.77. The second-order valence-electron chi connectivity index (χ2n) is 4.36. The smallest absolute Gasteiger partial charge is 0.333 e. The van der Waals surface area contributed by atoms with E-state index in [1.54, 1.807) is 6.92 Å². The van der Waals surface area contributed by atoms with E-state index < -0.39 is 5.97 Å². The summed E-state index contributed by atoms with van der Waals surface area (Å²) in [4.78, 5) is 11.2. The number of halogens is 1. The zero-order valence-corrected chi connectivity index (χ0v) is 12.8. The fraction of sp³-hybridized carbons (Fsp3) is 0.188. The molecule has 0 fully saturated rings. The molecular formula is C16H15BrO3. The highest BCUT2D eigenvalue weighted by molar-refractivity contribution is 9.10. The van der Waals surface area contributed by atoms with Crippen LogP contribution >= 0.6 is 15.9 Å². The molecular weight excluding hydrogens is 320 g/mol. The van der Waals surface area contributed by atoms with Gasteiger partial charge in [-0.25, -0.2) is 4.79 Å². The van der Waals surface area contributed by atoms with Gasteiger partial charge >= 0.3 is 5.97 Å². The molecule has 0 spiro atoms. The van der Waals surface area contributed by atoms with Crippen molar-refractivity contribution in [2.45, 2.75) is 6.92 Å². The van der Waals surface area contributed by atoms with Gasteiger partial charge in [0.1, 0.15) is 19.0 Å². The first-order chi connectivity index (χ1) is 9.59. The average molecular weight is 335 g/mol. The standard InChI is InChI=1S/C16H15BrO3/c1-11(2)16(18)20-10-9-19-15-8-7-14(17)12-5-3-4-6-13(12)15/h3-8H,1,9-10H2,2H3. The Kier molecular flexibility index (Phi) is 4.79. The monoisotopic (exact) mass is 334 g/mol. The van der Waals surface area contributed by atoms with Crippen LogP contribution in [0.2, 0.25) is 0 Å². The predicted octanol–water partition coefficient (Wildman–Crippen LogP) is 4.10. The molecule has 0 saturated heterocycles. The SMILES string of the molecule is C=C(C)C(=O)OCCOc1ccc(Br)c2ccccc12. The van der Waals surface area contributed by atoms with Crippen LogP contribution in [0.25, 0.3) is 10.8 Å². The van der Waals surface area contributed by atoms with Gasteiger partial charge in [-0.05, 0) is 24.4 Å². The van der Waals surface area contributed by atoms with E-state index in [1.807, 2.05) is 36.4 Å². The van der Waals surface area contributed by atoms with Crippen LogP contribution in [0.5, 0.6) is 5.75 Å². The number of esters is 1. The third-order valence-electron chi connectivity index (χ3n) is 2.75. The Morgan fingerprint density at radius 2 is 1.85 bits per heavy atom. The summed E-state index contributed by atoms with van der Waals surface area (Å²) in [5, 5.41) is 2.11. The molecule has 0 aliphatic rings. The molecule has 2 aromatic rings. The predicted molar refractivity (Wildman–Crippen MR) is 82.9 cm³/mol. The molecule has 0 atom stereocenters. The molecule has 4 heteroatoms. The first-order valence-corrected chi connectivity index (χ1v) is 7.01. The molecule has 104 valence electrons. The summed E-state index contributed by atoms with van der Waals surface area (Å²) >= 11 is 3.51. The number of ether oxygens (including phenoxy) is 2. The lowest BCUT2D eigenvalue weighted by Crippen LogP contribution is -2.12. The summed E-state index contributed by atoms with van der Waals surface area (Å²) in [5.41, 5.74) is 0.388. The van der Waals surface area contributed by atoms with Crippen molar-refractivity contribution < 1.29 is 14.3 Å². The van der Waals surface area contributed by atoms with Gasteiger partial charge in [0.25, 0.3) is 0 Å². The van der Waals surface area contributed by atoms with Crippen LogP contribution in [0.3, 0.4) is 0 Å². The van der Waals surface area contributed by atoms with Crippen LogP contribution in [-0.4, -0.2) is 19.2 Å². The summed E-state index contributed by atoms with van der Waals surface area (Å²) in [5.74, 6) is 0.379. The Bertz CT molecular complexity index is 649. The van der Waals surface area contributed by atoms with Crippen LogP contribution in [-0.2, 0) is 9.53 Å². The largest absolute Gasteiger partial charge is 0.489 e. The summed E-state index contributed by atoms with van der Waals surface area (Å²) < 4.78 is 11.7. The Labute approximate surface area is 126 Å². The third kappa shape index (κ3) is 3.39. The Hall–Kier alpha value is -1.81. The number of hydrogen-bond donors (Lipinski definition) is 0. The highest BCUT2D eigenvalue weighted by Crippen LogP contribution is 2.31. The topological polar surface area (TPSA) is 35.5 Å². The van der Waals surface area contributed by atoms with Gasteiger partial charge in [0.15, 0.2) is 0 Å². The maximum absolute atomic E-state index is 11.2. The maximum Gasteiger partial charge on any atom is 0.333 e. The van der Waals surface area contributed by atoms with Crippen LogP contribution in [0, 0.1) is 0 Å². The number of fused-ring (bicyclic) bond motifs is 1. The van der Waals surface area contributed by atoms with E-state index in [2.05, 4.69) is 22.5 Å². The Morgan fingerprint density at radius 3 is 2.55 bits per heavy atom. The first-order valence-electron chi connectivity index (χ1n) is 6.22. The van der Waals surface area contributed by atoms with Crippen molar-refractivity contribution in [1.29, 1.82) is 0 Å². The Balaban J connectivity index is 2.02. The summed E-state index contributed by atoms with van der Waals surface area (Å²) in [6, 6.07) is 11.8. The lowest BCUT2D eigenvalue weighted by molar-refractivity contribution is -0.139. The van der Waals surface area contributed by atoms with E-state index in [4.69, 9.17) is 9.47 Å². The minimum absolute atomic E-state index is 0.204. The zero-order valence-electron chi connectivity index (χ0n) is 11.2. The van der Waals surface area contributed by atoms with E-state index in [-0.39, 0.29) is 6.61 Å². The van der Waals surface area contributed by atoms with Crippen molar-refractivity contribution in [3.05, 3.63) is 53.0 Å². The van der Waals surface area contributed by atoms with Gasteiger partial charge in [-0.15, -0.1) is 0 Å². The minimum Gasteiger partial charge on any atom is -0.489 e. The van der Waals surface area contributed by atoms with Gasteiger partial charge in [-0.2, -0.15) is 0 Å². The molecule has 3 nitrogen and oxygen atoms in total. The molecule has 0 aliphatic heterocycles. The first kappa shape index (κ1) is 14.6. The highest BCUT2D eigenvalue weighted by Gasteiger charge is 2.06. The van der Waals surface area contributed by atoms with Crippen molar-refractivity contribution in [3.8, 4) is 5.75 Å². The molecule has 0 amide bonds.